The van der Waals surface area contributed by atoms with Crippen LogP contribution < -0.4 is 5.32 Å². The number of rotatable bonds is 5. The van der Waals surface area contributed by atoms with Crippen molar-refractivity contribution in [1.29, 1.82) is 0 Å². The summed E-state index contributed by atoms with van der Waals surface area (Å²) in [5, 5.41) is 3.13. The number of hydrogen-bond donors (Lipinski definition) is 1. The second-order valence-corrected chi connectivity index (χ2v) is 6.74. The van der Waals surface area contributed by atoms with E-state index >= 15 is 0 Å². The molecule has 1 aromatic rings. The number of halogens is 1. The molecule has 0 spiro atoms. The maximum Gasteiger partial charge on any atom is 0.224 e. The lowest BCUT2D eigenvalue weighted by Gasteiger charge is -2.33. The number of likely N-dealkylation sites (tertiary alicyclic amines) is 1. The van der Waals surface area contributed by atoms with Crippen molar-refractivity contribution in [2.24, 2.45) is 11.8 Å². The minimum absolute atomic E-state index is 0.0652. The molecule has 0 bridgehead atoms. The molecule has 0 aromatic heterocycles. The van der Waals surface area contributed by atoms with Crippen LogP contribution in [0.4, 0.5) is 4.39 Å². The molecule has 4 heteroatoms. The molecule has 3 nitrogen and oxygen atoms in total. The van der Waals surface area contributed by atoms with Crippen LogP contribution in [0.1, 0.15) is 39.2 Å². The number of carbonyl (C=O) groups excluding carboxylic acids is 1. The van der Waals surface area contributed by atoms with Gasteiger partial charge in [0.2, 0.25) is 5.91 Å². The average Bonchev–Trinajstić information content (AvgIpc) is 2.49. The summed E-state index contributed by atoms with van der Waals surface area (Å²) in [5.74, 6) is 0.477. The Bertz CT molecular complexity index is 486. The van der Waals surface area contributed by atoms with E-state index in [9.17, 15) is 9.18 Å². The SMILES string of the molecule is CC(C)[C@@H](C)NC(=O)[C@@H]1CCCN(Cc2ccc(F)cc2)C1. The molecule has 1 fully saturated rings. The maximum atomic E-state index is 13.0. The lowest BCUT2D eigenvalue weighted by molar-refractivity contribution is -0.127. The molecule has 2 rings (SSSR count). The van der Waals surface area contributed by atoms with Crippen molar-refractivity contribution in [1.82, 2.24) is 10.2 Å². The molecular weight excluding hydrogens is 279 g/mol. The van der Waals surface area contributed by atoms with Gasteiger partial charge in [-0.1, -0.05) is 26.0 Å². The standard InChI is InChI=1S/C18H27FN2O/c1-13(2)14(3)20-18(22)16-5-4-10-21(12-16)11-15-6-8-17(19)9-7-15/h6-9,13-14,16H,4-5,10-12H2,1-3H3,(H,20,22)/t14-,16-/m1/s1. The van der Waals surface area contributed by atoms with Gasteiger partial charge in [0.05, 0.1) is 5.92 Å². The van der Waals surface area contributed by atoms with Gasteiger partial charge < -0.3 is 5.32 Å². The number of carbonyl (C=O) groups is 1. The zero-order valence-electron chi connectivity index (χ0n) is 13.8. The van der Waals surface area contributed by atoms with Crippen LogP contribution in [0.5, 0.6) is 0 Å². The second-order valence-electron chi connectivity index (χ2n) is 6.74. The fraction of sp³-hybridized carbons (Fsp3) is 0.611. The molecule has 122 valence electrons. The van der Waals surface area contributed by atoms with Crippen molar-refractivity contribution >= 4 is 5.91 Å². The van der Waals surface area contributed by atoms with Crippen molar-refractivity contribution in [2.75, 3.05) is 13.1 Å². The van der Waals surface area contributed by atoms with Gasteiger partial charge in [0.25, 0.3) is 0 Å². The van der Waals surface area contributed by atoms with Crippen LogP contribution in [0.15, 0.2) is 24.3 Å². The first-order chi connectivity index (χ1) is 10.5. The first kappa shape index (κ1) is 16.9. The lowest BCUT2D eigenvalue weighted by Crippen LogP contribution is -2.46. The Hall–Kier alpha value is -1.42. The molecular formula is C18H27FN2O. The highest BCUT2D eigenvalue weighted by atomic mass is 19.1. The summed E-state index contributed by atoms with van der Waals surface area (Å²) in [7, 11) is 0. The predicted molar refractivity (Wildman–Crippen MR) is 86.8 cm³/mol. The average molecular weight is 306 g/mol. The monoisotopic (exact) mass is 306 g/mol. The minimum Gasteiger partial charge on any atom is -0.353 e. The van der Waals surface area contributed by atoms with E-state index in [1.165, 1.54) is 12.1 Å². The first-order valence-corrected chi connectivity index (χ1v) is 8.23. The molecule has 0 aliphatic carbocycles. The molecule has 1 aliphatic heterocycles. The normalized spacial score (nSPS) is 20.9. The highest BCUT2D eigenvalue weighted by molar-refractivity contribution is 5.79. The Labute approximate surface area is 132 Å². The smallest absolute Gasteiger partial charge is 0.224 e. The van der Waals surface area contributed by atoms with Gasteiger partial charge in [0.15, 0.2) is 0 Å². The molecule has 1 heterocycles. The summed E-state index contributed by atoms with van der Waals surface area (Å²) >= 11 is 0. The third-order valence-electron chi connectivity index (χ3n) is 4.57. The summed E-state index contributed by atoms with van der Waals surface area (Å²) in [4.78, 5) is 14.7. The van der Waals surface area contributed by atoms with E-state index in [2.05, 4.69) is 31.0 Å². The van der Waals surface area contributed by atoms with Crippen LogP contribution in [0, 0.1) is 17.7 Å². The topological polar surface area (TPSA) is 32.3 Å². The van der Waals surface area contributed by atoms with E-state index in [1.807, 2.05) is 12.1 Å². The zero-order valence-corrected chi connectivity index (χ0v) is 13.8. The molecule has 1 N–H and O–H groups in total. The van der Waals surface area contributed by atoms with Crippen molar-refractivity contribution in [3.8, 4) is 0 Å². The fourth-order valence-electron chi connectivity index (χ4n) is 2.77. The molecule has 2 atom stereocenters. The van der Waals surface area contributed by atoms with E-state index in [-0.39, 0.29) is 23.7 Å². The van der Waals surface area contributed by atoms with Crippen LogP contribution in [0.2, 0.25) is 0 Å². The number of amides is 1. The van der Waals surface area contributed by atoms with E-state index in [0.717, 1.165) is 38.0 Å². The van der Waals surface area contributed by atoms with E-state index in [1.54, 1.807) is 0 Å². The summed E-state index contributed by atoms with van der Waals surface area (Å²) in [5.41, 5.74) is 1.10. The Kier molecular flexibility index (Phi) is 5.95. The van der Waals surface area contributed by atoms with E-state index in [4.69, 9.17) is 0 Å². The van der Waals surface area contributed by atoms with Gasteiger partial charge >= 0.3 is 0 Å². The molecule has 1 aliphatic rings. The molecule has 0 unspecified atom stereocenters. The summed E-state index contributed by atoms with van der Waals surface area (Å²) in [6.45, 7) is 8.86. The molecule has 1 amide bonds. The third-order valence-corrected chi connectivity index (χ3v) is 4.57. The van der Waals surface area contributed by atoms with Crippen LogP contribution in [-0.2, 0) is 11.3 Å². The number of hydrogen-bond acceptors (Lipinski definition) is 2. The van der Waals surface area contributed by atoms with Gasteiger partial charge in [-0.25, -0.2) is 4.39 Å². The van der Waals surface area contributed by atoms with Crippen molar-refractivity contribution in [3.05, 3.63) is 35.6 Å². The van der Waals surface area contributed by atoms with Crippen molar-refractivity contribution < 1.29 is 9.18 Å². The summed E-state index contributed by atoms with van der Waals surface area (Å²) in [6, 6.07) is 6.83. The molecule has 1 aromatic carbocycles. The highest BCUT2D eigenvalue weighted by Crippen LogP contribution is 2.19. The first-order valence-electron chi connectivity index (χ1n) is 8.23. The Morgan fingerprint density at radius 2 is 2.00 bits per heavy atom. The van der Waals surface area contributed by atoms with Gasteiger partial charge in [-0.2, -0.15) is 0 Å². The predicted octanol–water partition coefficient (Wildman–Crippen LogP) is 3.20. The van der Waals surface area contributed by atoms with Crippen molar-refractivity contribution in [3.63, 3.8) is 0 Å². The van der Waals surface area contributed by atoms with Gasteiger partial charge in [-0.15, -0.1) is 0 Å². The summed E-state index contributed by atoms with van der Waals surface area (Å²) in [6.07, 6.45) is 1.99. The third kappa shape index (κ3) is 4.80. The van der Waals surface area contributed by atoms with E-state index < -0.39 is 0 Å². The quantitative estimate of drug-likeness (QED) is 0.906. The number of piperidine rings is 1. The Balaban J connectivity index is 1.88. The van der Waals surface area contributed by atoms with Gasteiger partial charge in [0, 0.05) is 19.1 Å². The highest BCUT2D eigenvalue weighted by Gasteiger charge is 2.26. The largest absolute Gasteiger partial charge is 0.353 e. The number of benzene rings is 1. The maximum absolute atomic E-state index is 13.0. The van der Waals surface area contributed by atoms with Crippen molar-refractivity contribution in [2.45, 2.75) is 46.2 Å². The van der Waals surface area contributed by atoms with Crippen LogP contribution in [0.25, 0.3) is 0 Å². The fourth-order valence-corrected chi connectivity index (χ4v) is 2.77. The molecule has 22 heavy (non-hydrogen) atoms. The molecule has 0 saturated carbocycles. The van der Waals surface area contributed by atoms with Crippen LogP contribution >= 0.6 is 0 Å². The zero-order chi connectivity index (χ0) is 16.1. The Morgan fingerprint density at radius 1 is 1.32 bits per heavy atom. The Morgan fingerprint density at radius 3 is 2.64 bits per heavy atom. The van der Waals surface area contributed by atoms with Gasteiger partial charge in [-0.3, -0.25) is 9.69 Å². The van der Waals surface area contributed by atoms with Gasteiger partial charge in [-0.05, 0) is 49.9 Å². The number of nitrogens with zero attached hydrogens (tertiary/aromatic N) is 1. The van der Waals surface area contributed by atoms with Crippen LogP contribution in [0.3, 0.4) is 0 Å². The minimum atomic E-state index is -0.206. The molecule has 0 radical (unpaired) electrons. The molecule has 1 saturated heterocycles. The van der Waals surface area contributed by atoms with E-state index in [0.29, 0.717) is 5.92 Å². The van der Waals surface area contributed by atoms with Gasteiger partial charge in [0.1, 0.15) is 5.82 Å². The van der Waals surface area contributed by atoms with Crippen LogP contribution in [-0.4, -0.2) is 29.9 Å². The summed E-state index contributed by atoms with van der Waals surface area (Å²) < 4.78 is 13.0. The lowest BCUT2D eigenvalue weighted by atomic mass is 9.95. The number of nitrogens with one attached hydrogen (secondary N) is 1. The second kappa shape index (κ2) is 7.73.